The number of hydrogen-bond acceptors (Lipinski definition) is 5. The van der Waals surface area contributed by atoms with Crippen molar-refractivity contribution < 1.29 is 13.6 Å². The van der Waals surface area contributed by atoms with Crippen LogP contribution in [-0.2, 0) is 0 Å². The van der Waals surface area contributed by atoms with E-state index in [1.165, 1.54) is 6.26 Å². The predicted octanol–water partition coefficient (Wildman–Crippen LogP) is 3.44. The molecule has 130 valence electrons. The second kappa shape index (κ2) is 5.65. The van der Waals surface area contributed by atoms with E-state index in [4.69, 9.17) is 8.83 Å². The fourth-order valence-corrected chi connectivity index (χ4v) is 3.35. The van der Waals surface area contributed by atoms with Gasteiger partial charge in [-0.25, -0.2) is 0 Å². The average molecular weight is 339 g/mol. The smallest absolute Gasteiger partial charge is 0.298 e. The van der Waals surface area contributed by atoms with Gasteiger partial charge in [0.1, 0.15) is 17.5 Å². The Morgan fingerprint density at radius 2 is 2.20 bits per heavy atom. The Morgan fingerprint density at radius 3 is 2.92 bits per heavy atom. The van der Waals surface area contributed by atoms with E-state index in [1.807, 2.05) is 39.0 Å². The van der Waals surface area contributed by atoms with Crippen molar-refractivity contribution >= 4 is 23.0 Å². The molecule has 1 saturated heterocycles. The van der Waals surface area contributed by atoms with Gasteiger partial charge in [0.25, 0.3) is 11.9 Å². The van der Waals surface area contributed by atoms with E-state index >= 15 is 0 Å². The molecule has 1 atom stereocenters. The lowest BCUT2D eigenvalue weighted by molar-refractivity contribution is 0.0913. The molecule has 2 aromatic heterocycles. The molecule has 0 spiro atoms. The highest BCUT2D eigenvalue weighted by Gasteiger charge is 2.37. The van der Waals surface area contributed by atoms with Gasteiger partial charge in [-0.2, -0.15) is 4.98 Å². The van der Waals surface area contributed by atoms with Crippen molar-refractivity contribution in [2.45, 2.75) is 32.7 Å². The normalized spacial score (nSPS) is 20.4. The van der Waals surface area contributed by atoms with Crippen LogP contribution in [0.25, 0.3) is 11.1 Å². The monoisotopic (exact) mass is 339 g/mol. The molecule has 3 aromatic rings. The zero-order valence-electron chi connectivity index (χ0n) is 14.6. The predicted molar refractivity (Wildman–Crippen MR) is 94.9 cm³/mol. The van der Waals surface area contributed by atoms with Crippen molar-refractivity contribution in [3.05, 3.63) is 47.4 Å². The van der Waals surface area contributed by atoms with E-state index < -0.39 is 0 Å². The fourth-order valence-electron chi connectivity index (χ4n) is 3.35. The Hall–Kier alpha value is -2.76. The molecule has 4 rings (SSSR count). The van der Waals surface area contributed by atoms with Gasteiger partial charge in [-0.1, -0.05) is 12.1 Å². The van der Waals surface area contributed by atoms with Crippen molar-refractivity contribution in [1.29, 1.82) is 0 Å². The number of carbonyl (C=O) groups is 1. The molecule has 1 amide bonds. The molecule has 0 saturated carbocycles. The van der Waals surface area contributed by atoms with Crippen molar-refractivity contribution in [1.82, 2.24) is 10.3 Å². The van der Waals surface area contributed by atoms with Crippen LogP contribution in [0.3, 0.4) is 0 Å². The molecule has 1 aliphatic rings. The first-order valence-corrected chi connectivity index (χ1v) is 8.42. The number of amides is 1. The number of nitrogens with one attached hydrogen (secondary N) is 1. The molecule has 1 unspecified atom stereocenters. The molecule has 0 aliphatic carbocycles. The molecule has 1 N–H and O–H groups in total. The van der Waals surface area contributed by atoms with E-state index in [2.05, 4.69) is 15.2 Å². The highest BCUT2D eigenvalue weighted by molar-refractivity contribution is 5.94. The van der Waals surface area contributed by atoms with E-state index in [1.54, 1.807) is 6.07 Å². The van der Waals surface area contributed by atoms with Crippen LogP contribution in [0.5, 0.6) is 0 Å². The first-order valence-electron chi connectivity index (χ1n) is 8.42. The summed E-state index contributed by atoms with van der Waals surface area (Å²) in [6.07, 6.45) is 2.32. The Bertz CT molecular complexity index is 942. The van der Waals surface area contributed by atoms with Crippen molar-refractivity contribution in [3.63, 3.8) is 0 Å². The van der Waals surface area contributed by atoms with Gasteiger partial charge in [0.2, 0.25) is 0 Å². The molecular weight excluding hydrogens is 318 g/mol. The van der Waals surface area contributed by atoms with Crippen LogP contribution in [0.4, 0.5) is 6.01 Å². The summed E-state index contributed by atoms with van der Waals surface area (Å²) in [4.78, 5) is 19.1. The summed E-state index contributed by atoms with van der Waals surface area (Å²) >= 11 is 0. The number of aryl methyl sites for hydroxylation is 2. The van der Waals surface area contributed by atoms with Gasteiger partial charge < -0.3 is 19.1 Å². The molecule has 3 heterocycles. The lowest BCUT2D eigenvalue weighted by Crippen LogP contribution is -2.48. The maximum absolute atomic E-state index is 12.4. The third-order valence-corrected chi connectivity index (χ3v) is 4.75. The number of fused-ring (bicyclic) bond motifs is 1. The largest absolute Gasteiger partial charge is 0.469 e. The molecule has 6 heteroatoms. The van der Waals surface area contributed by atoms with Crippen LogP contribution in [-0.4, -0.2) is 29.5 Å². The quantitative estimate of drug-likeness (QED) is 0.791. The standard InChI is InChI=1S/C19H21N3O3/c1-12-5-4-6-15-16(12)25-18(20-15)22-8-7-19(3,11-22)21-17(23)14-9-13(2)24-10-14/h4-6,9-10H,7-8,11H2,1-3H3,(H,21,23). The highest BCUT2D eigenvalue weighted by atomic mass is 16.4. The highest BCUT2D eigenvalue weighted by Crippen LogP contribution is 2.30. The van der Waals surface area contributed by atoms with Crippen LogP contribution in [0.1, 0.15) is 35.0 Å². The van der Waals surface area contributed by atoms with Gasteiger partial charge in [-0.3, -0.25) is 4.79 Å². The number of hydrogen-bond donors (Lipinski definition) is 1. The minimum Gasteiger partial charge on any atom is -0.469 e. The van der Waals surface area contributed by atoms with Gasteiger partial charge in [-0.05, 0) is 44.9 Å². The van der Waals surface area contributed by atoms with E-state index in [0.717, 1.165) is 35.4 Å². The van der Waals surface area contributed by atoms with Gasteiger partial charge in [0.05, 0.1) is 11.1 Å². The third kappa shape index (κ3) is 2.88. The van der Waals surface area contributed by atoms with Crippen LogP contribution >= 0.6 is 0 Å². The lowest BCUT2D eigenvalue weighted by atomic mass is 10.0. The molecule has 0 radical (unpaired) electrons. The summed E-state index contributed by atoms with van der Waals surface area (Å²) in [7, 11) is 0. The number of aromatic nitrogens is 1. The Balaban J connectivity index is 1.51. The van der Waals surface area contributed by atoms with E-state index in [-0.39, 0.29) is 11.4 Å². The fraction of sp³-hybridized carbons (Fsp3) is 0.368. The molecular formula is C19H21N3O3. The zero-order chi connectivity index (χ0) is 17.6. The Morgan fingerprint density at radius 1 is 1.36 bits per heavy atom. The molecule has 0 bridgehead atoms. The van der Waals surface area contributed by atoms with Gasteiger partial charge >= 0.3 is 0 Å². The van der Waals surface area contributed by atoms with E-state index in [9.17, 15) is 4.79 Å². The number of carbonyl (C=O) groups excluding carboxylic acids is 1. The number of anilines is 1. The maximum Gasteiger partial charge on any atom is 0.298 e. The first-order chi connectivity index (χ1) is 11.9. The minimum atomic E-state index is -0.335. The summed E-state index contributed by atoms with van der Waals surface area (Å²) in [6, 6.07) is 8.30. The SMILES string of the molecule is Cc1cc(C(=O)NC2(C)CCN(c3nc4cccc(C)c4o3)C2)co1. The zero-order valence-corrected chi connectivity index (χ0v) is 14.6. The van der Waals surface area contributed by atoms with Crippen molar-refractivity contribution in [3.8, 4) is 0 Å². The number of nitrogens with zero attached hydrogens (tertiary/aromatic N) is 2. The maximum atomic E-state index is 12.4. The average Bonchev–Trinajstić information content (AvgIpc) is 3.26. The first kappa shape index (κ1) is 15.7. The van der Waals surface area contributed by atoms with Crippen LogP contribution in [0.15, 0.2) is 39.4 Å². The van der Waals surface area contributed by atoms with Crippen LogP contribution in [0.2, 0.25) is 0 Å². The van der Waals surface area contributed by atoms with Crippen LogP contribution < -0.4 is 10.2 Å². The summed E-state index contributed by atoms with van der Waals surface area (Å²) < 4.78 is 11.2. The Labute approximate surface area is 145 Å². The summed E-state index contributed by atoms with van der Waals surface area (Å²) in [5, 5.41) is 3.12. The molecule has 1 aliphatic heterocycles. The van der Waals surface area contributed by atoms with Gasteiger partial charge in [0, 0.05) is 13.1 Å². The van der Waals surface area contributed by atoms with Crippen molar-refractivity contribution in [2.24, 2.45) is 0 Å². The number of para-hydroxylation sites is 1. The number of benzene rings is 1. The van der Waals surface area contributed by atoms with E-state index in [0.29, 0.717) is 18.1 Å². The van der Waals surface area contributed by atoms with Crippen molar-refractivity contribution in [2.75, 3.05) is 18.0 Å². The molecule has 25 heavy (non-hydrogen) atoms. The summed E-state index contributed by atoms with van der Waals surface area (Å²) in [5.74, 6) is 0.611. The van der Waals surface area contributed by atoms with Crippen LogP contribution in [0, 0.1) is 13.8 Å². The number of furan rings is 1. The number of oxazole rings is 1. The van der Waals surface area contributed by atoms with Gasteiger partial charge in [0.15, 0.2) is 5.58 Å². The topological polar surface area (TPSA) is 71.5 Å². The third-order valence-electron chi connectivity index (χ3n) is 4.75. The summed E-state index contributed by atoms with van der Waals surface area (Å²) in [6.45, 7) is 7.32. The Kier molecular flexibility index (Phi) is 3.56. The second-order valence-electron chi connectivity index (χ2n) is 7.05. The minimum absolute atomic E-state index is 0.116. The molecule has 1 aromatic carbocycles. The number of rotatable bonds is 3. The summed E-state index contributed by atoms with van der Waals surface area (Å²) in [5.41, 5.74) is 2.97. The van der Waals surface area contributed by atoms with Gasteiger partial charge in [-0.15, -0.1) is 0 Å². The second-order valence-corrected chi connectivity index (χ2v) is 7.05. The lowest BCUT2D eigenvalue weighted by Gasteiger charge is -2.25. The molecule has 1 fully saturated rings. The molecule has 6 nitrogen and oxygen atoms in total.